The number of rotatable bonds is 6. The monoisotopic (exact) mass is 446 g/mol. The van der Waals surface area contributed by atoms with E-state index in [4.69, 9.17) is 18.6 Å². The maximum absolute atomic E-state index is 13.1. The van der Waals surface area contributed by atoms with Crippen LogP contribution in [0.25, 0.3) is 22.6 Å². The Bertz CT molecular complexity index is 1330. The number of carbonyl (C=O) groups excluding carboxylic acids is 1. The Morgan fingerprint density at radius 1 is 0.879 bits per heavy atom. The van der Waals surface area contributed by atoms with Crippen molar-refractivity contribution in [1.82, 2.24) is 4.98 Å². The molecule has 7 nitrogen and oxygen atoms in total. The van der Waals surface area contributed by atoms with Gasteiger partial charge >= 0.3 is 0 Å². The van der Waals surface area contributed by atoms with Crippen LogP contribution in [-0.4, -0.2) is 32.2 Å². The molecule has 0 aliphatic heterocycles. The largest absolute Gasteiger partial charge is 0.493 e. The number of ether oxygens (including phenoxy) is 3. The van der Waals surface area contributed by atoms with E-state index in [2.05, 4.69) is 16.4 Å². The Kier molecular flexibility index (Phi) is 5.96. The molecule has 0 radical (unpaired) electrons. The molecule has 0 atom stereocenters. The number of amides is 1. The molecule has 0 bridgehead atoms. The lowest BCUT2D eigenvalue weighted by molar-refractivity contribution is 0.102. The van der Waals surface area contributed by atoms with Crippen LogP contribution in [0.1, 0.15) is 27.0 Å². The van der Waals surface area contributed by atoms with Gasteiger partial charge in [0.15, 0.2) is 17.1 Å². The molecular formula is C26H26N2O5. The molecule has 3 aromatic carbocycles. The van der Waals surface area contributed by atoms with Gasteiger partial charge in [-0.2, -0.15) is 0 Å². The van der Waals surface area contributed by atoms with E-state index in [-0.39, 0.29) is 5.91 Å². The number of aryl methyl sites for hydroxylation is 3. The van der Waals surface area contributed by atoms with Crippen molar-refractivity contribution in [2.75, 3.05) is 26.6 Å². The van der Waals surface area contributed by atoms with E-state index in [9.17, 15) is 4.79 Å². The number of hydrogen-bond acceptors (Lipinski definition) is 6. The molecule has 0 fully saturated rings. The molecule has 1 heterocycles. The second-order valence-corrected chi connectivity index (χ2v) is 7.85. The van der Waals surface area contributed by atoms with Gasteiger partial charge < -0.3 is 23.9 Å². The van der Waals surface area contributed by atoms with Crippen LogP contribution in [0.4, 0.5) is 5.69 Å². The molecule has 0 aliphatic carbocycles. The standard InChI is InChI=1S/C26H26N2O5/c1-14-9-16(3)23-20(10-14)28-26(33-23)17-8-7-15(2)19(11-17)27-25(29)18-12-21(30-4)24(32-6)22(13-18)31-5/h7-13H,1-6H3,(H,27,29). The Morgan fingerprint density at radius 2 is 1.58 bits per heavy atom. The third-order valence-electron chi connectivity index (χ3n) is 5.48. The molecule has 170 valence electrons. The molecule has 0 saturated heterocycles. The van der Waals surface area contributed by atoms with Crippen molar-refractivity contribution < 1.29 is 23.4 Å². The van der Waals surface area contributed by atoms with Gasteiger partial charge in [0.05, 0.1) is 21.3 Å². The van der Waals surface area contributed by atoms with Crippen LogP contribution in [-0.2, 0) is 0 Å². The minimum Gasteiger partial charge on any atom is -0.493 e. The highest BCUT2D eigenvalue weighted by molar-refractivity contribution is 6.05. The van der Waals surface area contributed by atoms with Crippen molar-refractivity contribution in [1.29, 1.82) is 0 Å². The first-order valence-electron chi connectivity index (χ1n) is 10.4. The van der Waals surface area contributed by atoms with Crippen molar-refractivity contribution >= 4 is 22.7 Å². The predicted octanol–water partition coefficient (Wildman–Crippen LogP) is 5.70. The second-order valence-electron chi connectivity index (χ2n) is 7.85. The van der Waals surface area contributed by atoms with Gasteiger partial charge in [0.2, 0.25) is 11.6 Å². The fourth-order valence-corrected chi connectivity index (χ4v) is 3.80. The number of benzene rings is 3. The molecule has 0 unspecified atom stereocenters. The van der Waals surface area contributed by atoms with Gasteiger partial charge in [-0.1, -0.05) is 12.1 Å². The number of nitrogens with one attached hydrogen (secondary N) is 1. The summed E-state index contributed by atoms with van der Waals surface area (Å²) in [5.74, 6) is 1.44. The van der Waals surface area contributed by atoms with Crippen molar-refractivity contribution in [2.45, 2.75) is 20.8 Å². The molecule has 4 rings (SSSR count). The number of hydrogen-bond donors (Lipinski definition) is 1. The smallest absolute Gasteiger partial charge is 0.255 e. The van der Waals surface area contributed by atoms with Crippen LogP contribution in [0.2, 0.25) is 0 Å². The summed E-state index contributed by atoms with van der Waals surface area (Å²) in [6.07, 6.45) is 0. The lowest BCUT2D eigenvalue weighted by Gasteiger charge is -2.15. The molecule has 0 aliphatic rings. The van der Waals surface area contributed by atoms with Crippen LogP contribution < -0.4 is 19.5 Å². The van der Waals surface area contributed by atoms with Gasteiger partial charge in [-0.05, 0) is 67.8 Å². The predicted molar refractivity (Wildman–Crippen MR) is 128 cm³/mol. The van der Waals surface area contributed by atoms with E-state index in [0.717, 1.165) is 33.4 Å². The van der Waals surface area contributed by atoms with Gasteiger partial charge in [-0.3, -0.25) is 4.79 Å². The maximum atomic E-state index is 13.1. The molecular weight excluding hydrogens is 420 g/mol. The van der Waals surface area contributed by atoms with Gasteiger partial charge in [0.25, 0.3) is 5.91 Å². The Morgan fingerprint density at radius 3 is 2.21 bits per heavy atom. The molecule has 1 aromatic heterocycles. The lowest BCUT2D eigenvalue weighted by atomic mass is 10.1. The Hall–Kier alpha value is -4.00. The first-order valence-corrected chi connectivity index (χ1v) is 10.4. The highest BCUT2D eigenvalue weighted by atomic mass is 16.5. The van der Waals surface area contributed by atoms with E-state index in [0.29, 0.717) is 34.4 Å². The SMILES string of the molecule is COc1cc(C(=O)Nc2cc(-c3nc4cc(C)cc(C)c4o3)ccc2C)cc(OC)c1OC. The van der Waals surface area contributed by atoms with Crippen LogP contribution in [0.5, 0.6) is 17.2 Å². The van der Waals surface area contributed by atoms with Crippen molar-refractivity contribution in [3.8, 4) is 28.7 Å². The van der Waals surface area contributed by atoms with Crippen LogP contribution in [0.15, 0.2) is 46.9 Å². The minimum atomic E-state index is -0.307. The highest BCUT2D eigenvalue weighted by Gasteiger charge is 2.18. The summed E-state index contributed by atoms with van der Waals surface area (Å²) in [7, 11) is 4.54. The normalized spacial score (nSPS) is 10.8. The fourth-order valence-electron chi connectivity index (χ4n) is 3.80. The quantitative estimate of drug-likeness (QED) is 0.409. The van der Waals surface area contributed by atoms with E-state index >= 15 is 0 Å². The second kappa shape index (κ2) is 8.86. The third-order valence-corrected chi connectivity index (χ3v) is 5.48. The molecule has 33 heavy (non-hydrogen) atoms. The van der Waals surface area contributed by atoms with Gasteiger partial charge in [0, 0.05) is 16.8 Å². The van der Waals surface area contributed by atoms with E-state index in [1.807, 2.05) is 45.0 Å². The average molecular weight is 447 g/mol. The van der Waals surface area contributed by atoms with Crippen molar-refractivity contribution in [3.05, 3.63) is 64.7 Å². The van der Waals surface area contributed by atoms with Gasteiger partial charge in [-0.25, -0.2) is 4.98 Å². The van der Waals surface area contributed by atoms with Gasteiger partial charge in [0.1, 0.15) is 5.52 Å². The van der Waals surface area contributed by atoms with Crippen LogP contribution >= 0.6 is 0 Å². The van der Waals surface area contributed by atoms with E-state index in [1.54, 1.807) is 12.1 Å². The summed E-state index contributed by atoms with van der Waals surface area (Å²) >= 11 is 0. The van der Waals surface area contributed by atoms with Crippen molar-refractivity contribution in [3.63, 3.8) is 0 Å². The first-order chi connectivity index (χ1) is 15.8. The molecule has 0 saturated carbocycles. The van der Waals surface area contributed by atoms with Crippen LogP contribution in [0, 0.1) is 20.8 Å². The van der Waals surface area contributed by atoms with Crippen molar-refractivity contribution in [2.24, 2.45) is 0 Å². The molecule has 1 N–H and O–H groups in total. The summed E-state index contributed by atoms with van der Waals surface area (Å²) in [6.45, 7) is 5.96. The van der Waals surface area contributed by atoms with Crippen LogP contribution in [0.3, 0.4) is 0 Å². The number of nitrogens with zero attached hydrogens (tertiary/aromatic N) is 1. The fraction of sp³-hybridized carbons (Fsp3) is 0.231. The summed E-state index contributed by atoms with van der Waals surface area (Å²) in [4.78, 5) is 17.7. The molecule has 4 aromatic rings. The number of fused-ring (bicyclic) bond motifs is 1. The minimum absolute atomic E-state index is 0.307. The molecule has 7 heteroatoms. The molecule has 0 spiro atoms. The van der Waals surface area contributed by atoms with Gasteiger partial charge in [-0.15, -0.1) is 0 Å². The lowest BCUT2D eigenvalue weighted by Crippen LogP contribution is -2.13. The maximum Gasteiger partial charge on any atom is 0.255 e. The summed E-state index contributed by atoms with van der Waals surface area (Å²) < 4.78 is 22.1. The molecule has 1 amide bonds. The average Bonchev–Trinajstić information content (AvgIpc) is 3.23. The number of aromatic nitrogens is 1. The highest BCUT2D eigenvalue weighted by Crippen LogP contribution is 2.38. The Labute approximate surface area is 192 Å². The zero-order valence-corrected chi connectivity index (χ0v) is 19.5. The zero-order chi connectivity index (χ0) is 23.7. The number of carbonyl (C=O) groups is 1. The number of oxazole rings is 1. The third kappa shape index (κ3) is 4.22. The first kappa shape index (κ1) is 22.2. The number of methoxy groups -OCH3 is 3. The summed E-state index contributed by atoms with van der Waals surface area (Å²) in [5.41, 5.74) is 6.44. The topological polar surface area (TPSA) is 82.8 Å². The summed E-state index contributed by atoms with van der Waals surface area (Å²) in [6, 6.07) is 13.0. The Balaban J connectivity index is 1.68. The zero-order valence-electron chi connectivity index (χ0n) is 19.5. The van der Waals surface area contributed by atoms with E-state index < -0.39 is 0 Å². The number of anilines is 1. The van der Waals surface area contributed by atoms with E-state index in [1.165, 1.54) is 21.3 Å². The summed E-state index contributed by atoms with van der Waals surface area (Å²) in [5, 5.41) is 2.97.